The number of fused-ring (bicyclic) bond motifs is 1. The average Bonchev–Trinajstić information content (AvgIpc) is 2.40. The number of aromatic hydroxyl groups is 2. The fraction of sp³-hybridized carbons (Fsp3) is 0.250. The standard InChI is InChI=1S/C16H16O3/c1-16(12-3-6-13(17)7-4-12)9-11-2-5-14(18)8-15(11)19-10-16/h2-8,17-18H,9-10H2,1H3/t16-/m0/s1. The van der Waals surface area contributed by atoms with Crippen LogP contribution in [0.3, 0.4) is 0 Å². The zero-order valence-corrected chi connectivity index (χ0v) is 10.8. The van der Waals surface area contributed by atoms with Crippen molar-refractivity contribution in [1.29, 1.82) is 0 Å². The third-order valence-electron chi connectivity index (χ3n) is 3.74. The van der Waals surface area contributed by atoms with Gasteiger partial charge in [-0.15, -0.1) is 0 Å². The Morgan fingerprint density at radius 2 is 1.68 bits per heavy atom. The fourth-order valence-corrected chi connectivity index (χ4v) is 2.58. The summed E-state index contributed by atoms with van der Waals surface area (Å²) in [4.78, 5) is 0. The third kappa shape index (κ3) is 2.12. The van der Waals surface area contributed by atoms with Gasteiger partial charge in [0.15, 0.2) is 0 Å². The maximum atomic E-state index is 9.46. The van der Waals surface area contributed by atoms with Gasteiger partial charge in [-0.25, -0.2) is 0 Å². The summed E-state index contributed by atoms with van der Waals surface area (Å²) in [7, 11) is 0. The van der Waals surface area contributed by atoms with Crippen LogP contribution in [0.2, 0.25) is 0 Å². The van der Waals surface area contributed by atoms with E-state index in [1.54, 1.807) is 24.3 Å². The fourth-order valence-electron chi connectivity index (χ4n) is 2.58. The minimum Gasteiger partial charge on any atom is -0.508 e. The lowest BCUT2D eigenvalue weighted by molar-refractivity contribution is 0.200. The Balaban J connectivity index is 1.95. The quantitative estimate of drug-likeness (QED) is 0.824. The van der Waals surface area contributed by atoms with Crippen LogP contribution < -0.4 is 4.74 Å². The lowest BCUT2D eigenvalue weighted by Crippen LogP contribution is -2.36. The molecule has 1 aliphatic heterocycles. The Kier molecular flexibility index (Phi) is 2.63. The Bertz CT molecular complexity index is 604. The van der Waals surface area contributed by atoms with Crippen molar-refractivity contribution in [2.45, 2.75) is 18.8 Å². The van der Waals surface area contributed by atoms with Crippen molar-refractivity contribution in [3.63, 3.8) is 0 Å². The third-order valence-corrected chi connectivity index (χ3v) is 3.74. The van der Waals surface area contributed by atoms with E-state index in [0.29, 0.717) is 6.61 Å². The molecule has 1 heterocycles. The summed E-state index contributed by atoms with van der Waals surface area (Å²) in [6.07, 6.45) is 0.855. The second-order valence-electron chi connectivity index (χ2n) is 5.37. The first-order valence-corrected chi connectivity index (χ1v) is 6.31. The van der Waals surface area contributed by atoms with Crippen LogP contribution in [-0.4, -0.2) is 16.8 Å². The van der Waals surface area contributed by atoms with Crippen molar-refractivity contribution in [3.8, 4) is 17.2 Å². The smallest absolute Gasteiger partial charge is 0.126 e. The number of hydrogen-bond acceptors (Lipinski definition) is 3. The maximum Gasteiger partial charge on any atom is 0.126 e. The van der Waals surface area contributed by atoms with E-state index >= 15 is 0 Å². The molecule has 2 aromatic carbocycles. The molecule has 2 N–H and O–H groups in total. The molecule has 0 unspecified atom stereocenters. The highest BCUT2D eigenvalue weighted by Gasteiger charge is 2.33. The van der Waals surface area contributed by atoms with Crippen LogP contribution in [0, 0.1) is 0 Å². The van der Waals surface area contributed by atoms with Crippen molar-refractivity contribution >= 4 is 0 Å². The van der Waals surface area contributed by atoms with Gasteiger partial charge in [0.05, 0.1) is 6.61 Å². The minimum atomic E-state index is -0.113. The molecule has 0 aromatic heterocycles. The van der Waals surface area contributed by atoms with Gasteiger partial charge in [0, 0.05) is 11.5 Å². The van der Waals surface area contributed by atoms with Crippen LogP contribution in [0.1, 0.15) is 18.1 Å². The molecule has 0 bridgehead atoms. The SMILES string of the molecule is C[C@@]1(c2ccc(O)cc2)COc2cc(O)ccc2C1. The molecule has 1 atom stereocenters. The van der Waals surface area contributed by atoms with Gasteiger partial charge in [-0.2, -0.15) is 0 Å². The average molecular weight is 256 g/mol. The molecule has 3 nitrogen and oxygen atoms in total. The summed E-state index contributed by atoms with van der Waals surface area (Å²) in [5, 5.41) is 18.8. The number of benzene rings is 2. The van der Waals surface area contributed by atoms with Gasteiger partial charge in [0.1, 0.15) is 17.2 Å². The minimum absolute atomic E-state index is 0.113. The molecule has 3 rings (SSSR count). The maximum absolute atomic E-state index is 9.46. The van der Waals surface area contributed by atoms with Crippen LogP contribution in [0.5, 0.6) is 17.2 Å². The Morgan fingerprint density at radius 1 is 1.00 bits per heavy atom. The normalized spacial score (nSPS) is 21.5. The predicted molar refractivity (Wildman–Crippen MR) is 72.8 cm³/mol. The predicted octanol–water partition coefficient (Wildman–Crippen LogP) is 2.99. The van der Waals surface area contributed by atoms with Crippen LogP contribution in [0.25, 0.3) is 0 Å². The van der Waals surface area contributed by atoms with E-state index in [2.05, 4.69) is 6.92 Å². The van der Waals surface area contributed by atoms with Gasteiger partial charge in [-0.05, 0) is 35.7 Å². The highest BCUT2D eigenvalue weighted by Crippen LogP contribution is 2.38. The Morgan fingerprint density at radius 3 is 2.42 bits per heavy atom. The van der Waals surface area contributed by atoms with E-state index in [1.165, 1.54) is 0 Å². The van der Waals surface area contributed by atoms with E-state index in [-0.39, 0.29) is 16.9 Å². The van der Waals surface area contributed by atoms with Crippen LogP contribution in [-0.2, 0) is 11.8 Å². The monoisotopic (exact) mass is 256 g/mol. The summed E-state index contributed by atoms with van der Waals surface area (Å²) in [6, 6.07) is 12.5. The molecule has 19 heavy (non-hydrogen) atoms. The van der Waals surface area contributed by atoms with Crippen molar-refractivity contribution in [1.82, 2.24) is 0 Å². The summed E-state index contributed by atoms with van der Waals surface area (Å²) in [5.41, 5.74) is 2.13. The number of ether oxygens (including phenoxy) is 1. The molecule has 0 radical (unpaired) electrons. The van der Waals surface area contributed by atoms with Gasteiger partial charge in [0.2, 0.25) is 0 Å². The summed E-state index contributed by atoms with van der Waals surface area (Å²) >= 11 is 0. The van der Waals surface area contributed by atoms with E-state index < -0.39 is 0 Å². The number of phenolic OH excluding ortho intramolecular Hbond substituents is 2. The zero-order chi connectivity index (χ0) is 13.5. The molecule has 2 aromatic rings. The molecule has 0 aliphatic carbocycles. The highest BCUT2D eigenvalue weighted by atomic mass is 16.5. The molecule has 98 valence electrons. The molecule has 0 spiro atoms. The number of phenols is 2. The first-order valence-electron chi connectivity index (χ1n) is 6.31. The van der Waals surface area contributed by atoms with Gasteiger partial charge in [-0.3, -0.25) is 0 Å². The second-order valence-corrected chi connectivity index (χ2v) is 5.37. The Labute approximate surface area is 112 Å². The molecular formula is C16H16O3. The van der Waals surface area contributed by atoms with E-state index in [4.69, 9.17) is 4.74 Å². The van der Waals surface area contributed by atoms with Gasteiger partial charge < -0.3 is 14.9 Å². The zero-order valence-electron chi connectivity index (χ0n) is 10.8. The van der Waals surface area contributed by atoms with E-state index in [0.717, 1.165) is 23.3 Å². The first-order chi connectivity index (χ1) is 9.07. The van der Waals surface area contributed by atoms with Crippen LogP contribution in [0.4, 0.5) is 0 Å². The topological polar surface area (TPSA) is 49.7 Å². The number of hydrogen-bond donors (Lipinski definition) is 2. The highest BCUT2D eigenvalue weighted by molar-refractivity contribution is 5.44. The van der Waals surface area contributed by atoms with Gasteiger partial charge >= 0.3 is 0 Å². The molecule has 0 fully saturated rings. The lowest BCUT2D eigenvalue weighted by Gasteiger charge is -2.35. The molecule has 0 saturated heterocycles. The summed E-state index contributed by atoms with van der Waals surface area (Å²) in [5.74, 6) is 1.26. The molecule has 0 amide bonds. The first kappa shape index (κ1) is 11.9. The van der Waals surface area contributed by atoms with Gasteiger partial charge in [0.25, 0.3) is 0 Å². The van der Waals surface area contributed by atoms with Crippen molar-refractivity contribution in [2.75, 3.05) is 6.61 Å². The number of rotatable bonds is 1. The Hall–Kier alpha value is -2.16. The van der Waals surface area contributed by atoms with E-state index in [1.807, 2.05) is 18.2 Å². The molecule has 1 aliphatic rings. The summed E-state index contributed by atoms with van der Waals surface area (Å²) < 4.78 is 5.78. The summed E-state index contributed by atoms with van der Waals surface area (Å²) in [6.45, 7) is 2.71. The lowest BCUT2D eigenvalue weighted by atomic mass is 9.76. The molecule has 3 heteroatoms. The molecule has 0 saturated carbocycles. The second kappa shape index (κ2) is 4.19. The van der Waals surface area contributed by atoms with Gasteiger partial charge in [-0.1, -0.05) is 25.1 Å². The molecular weight excluding hydrogens is 240 g/mol. The van der Waals surface area contributed by atoms with Crippen molar-refractivity contribution in [3.05, 3.63) is 53.6 Å². The van der Waals surface area contributed by atoms with E-state index in [9.17, 15) is 10.2 Å². The van der Waals surface area contributed by atoms with Crippen LogP contribution >= 0.6 is 0 Å². The largest absolute Gasteiger partial charge is 0.508 e. The van der Waals surface area contributed by atoms with Crippen LogP contribution in [0.15, 0.2) is 42.5 Å². The van der Waals surface area contributed by atoms with Crippen molar-refractivity contribution < 1.29 is 14.9 Å². The van der Waals surface area contributed by atoms with Crippen molar-refractivity contribution in [2.24, 2.45) is 0 Å².